The lowest BCUT2D eigenvalue weighted by molar-refractivity contribution is 0.102. The molecule has 0 aliphatic rings. The van der Waals surface area contributed by atoms with Crippen LogP contribution in [0.5, 0.6) is 11.5 Å². The van der Waals surface area contributed by atoms with Crippen molar-refractivity contribution in [3.05, 3.63) is 95.4 Å². The van der Waals surface area contributed by atoms with Gasteiger partial charge in [0.15, 0.2) is 11.5 Å². The summed E-state index contributed by atoms with van der Waals surface area (Å²) in [6.07, 6.45) is 0. The van der Waals surface area contributed by atoms with Crippen LogP contribution in [0.3, 0.4) is 0 Å². The summed E-state index contributed by atoms with van der Waals surface area (Å²) < 4.78 is 16.5. The number of carbonyl (C=O) groups is 1. The minimum absolute atomic E-state index is 0.229. The van der Waals surface area contributed by atoms with Crippen LogP contribution in [0.4, 0.5) is 5.69 Å². The second-order valence-corrected chi connectivity index (χ2v) is 7.35. The number of hydrogen-bond donors (Lipinski definition) is 1. The second kappa shape index (κ2) is 9.39. The SMILES string of the molecule is COc1cc(C(=O)Nc2ccc(-c3ccccc3)cc2)ccc1OCc1c(C)noc1C. The minimum Gasteiger partial charge on any atom is -0.493 e. The fourth-order valence-corrected chi connectivity index (χ4v) is 3.37. The average molecular weight is 428 g/mol. The highest BCUT2D eigenvalue weighted by Gasteiger charge is 2.14. The molecule has 0 aliphatic carbocycles. The Hall–Kier alpha value is -4.06. The number of carbonyl (C=O) groups excluding carboxylic acids is 1. The summed E-state index contributed by atoms with van der Waals surface area (Å²) in [6, 6.07) is 22.9. The molecule has 0 radical (unpaired) electrons. The molecule has 32 heavy (non-hydrogen) atoms. The molecule has 0 saturated heterocycles. The summed E-state index contributed by atoms with van der Waals surface area (Å²) in [7, 11) is 1.54. The van der Waals surface area contributed by atoms with Gasteiger partial charge in [0.1, 0.15) is 12.4 Å². The van der Waals surface area contributed by atoms with Crippen molar-refractivity contribution in [2.45, 2.75) is 20.5 Å². The maximum Gasteiger partial charge on any atom is 0.255 e. The molecule has 0 fully saturated rings. The van der Waals surface area contributed by atoms with Crippen molar-refractivity contribution < 1.29 is 18.8 Å². The molecule has 1 N–H and O–H groups in total. The minimum atomic E-state index is -0.229. The van der Waals surface area contributed by atoms with Crippen LogP contribution >= 0.6 is 0 Å². The normalized spacial score (nSPS) is 10.6. The van der Waals surface area contributed by atoms with E-state index >= 15 is 0 Å². The molecule has 162 valence electrons. The number of hydrogen-bond acceptors (Lipinski definition) is 5. The number of ether oxygens (including phenoxy) is 2. The molecule has 0 bridgehead atoms. The van der Waals surface area contributed by atoms with E-state index in [9.17, 15) is 4.79 Å². The lowest BCUT2D eigenvalue weighted by Gasteiger charge is -2.12. The number of aromatic nitrogens is 1. The van der Waals surface area contributed by atoms with Crippen LogP contribution in [0.1, 0.15) is 27.4 Å². The number of rotatable bonds is 7. The highest BCUT2D eigenvalue weighted by molar-refractivity contribution is 6.04. The Kier molecular flexibility index (Phi) is 6.22. The zero-order valence-electron chi connectivity index (χ0n) is 18.2. The molecule has 0 aliphatic heterocycles. The Morgan fingerprint density at radius 2 is 1.66 bits per heavy atom. The van der Waals surface area contributed by atoms with Gasteiger partial charge in [0.05, 0.1) is 18.4 Å². The van der Waals surface area contributed by atoms with E-state index < -0.39 is 0 Å². The molecular weight excluding hydrogens is 404 g/mol. The number of benzene rings is 3. The Balaban J connectivity index is 1.44. The first-order valence-electron chi connectivity index (χ1n) is 10.2. The number of aryl methyl sites for hydroxylation is 2. The molecule has 4 aromatic rings. The van der Waals surface area contributed by atoms with Crippen LogP contribution in [0.2, 0.25) is 0 Å². The molecule has 1 aromatic heterocycles. The van der Waals surface area contributed by atoms with Gasteiger partial charge in [0.2, 0.25) is 0 Å². The first-order chi connectivity index (χ1) is 15.5. The van der Waals surface area contributed by atoms with E-state index in [-0.39, 0.29) is 5.91 Å². The molecular formula is C26H24N2O4. The Morgan fingerprint density at radius 1 is 0.938 bits per heavy atom. The van der Waals surface area contributed by atoms with Gasteiger partial charge in [-0.3, -0.25) is 4.79 Å². The number of nitrogens with zero attached hydrogens (tertiary/aromatic N) is 1. The monoisotopic (exact) mass is 428 g/mol. The first-order valence-corrected chi connectivity index (χ1v) is 10.2. The first kappa shape index (κ1) is 21.2. The summed E-state index contributed by atoms with van der Waals surface area (Å²) in [4.78, 5) is 12.8. The van der Waals surface area contributed by atoms with Gasteiger partial charge in [-0.15, -0.1) is 0 Å². The predicted molar refractivity (Wildman–Crippen MR) is 123 cm³/mol. The van der Waals surface area contributed by atoms with E-state index in [0.29, 0.717) is 29.4 Å². The highest BCUT2D eigenvalue weighted by Crippen LogP contribution is 2.30. The largest absolute Gasteiger partial charge is 0.493 e. The van der Waals surface area contributed by atoms with Crippen molar-refractivity contribution in [2.75, 3.05) is 12.4 Å². The molecule has 0 unspecified atom stereocenters. The van der Waals surface area contributed by atoms with Gasteiger partial charge in [-0.25, -0.2) is 0 Å². The quantitative estimate of drug-likeness (QED) is 0.403. The van der Waals surface area contributed by atoms with Gasteiger partial charge >= 0.3 is 0 Å². The Bertz CT molecular complexity index is 1200. The molecule has 6 nitrogen and oxygen atoms in total. The van der Waals surface area contributed by atoms with Gasteiger partial charge in [-0.1, -0.05) is 47.6 Å². The second-order valence-electron chi connectivity index (χ2n) is 7.35. The predicted octanol–water partition coefficient (Wildman–Crippen LogP) is 5.80. The molecule has 1 heterocycles. The van der Waals surface area contributed by atoms with Crippen molar-refractivity contribution in [3.8, 4) is 22.6 Å². The van der Waals surface area contributed by atoms with Crippen molar-refractivity contribution in [3.63, 3.8) is 0 Å². The number of nitrogens with one attached hydrogen (secondary N) is 1. The van der Waals surface area contributed by atoms with Crippen molar-refractivity contribution in [2.24, 2.45) is 0 Å². The zero-order valence-corrected chi connectivity index (χ0v) is 18.2. The van der Waals surface area contributed by atoms with Gasteiger partial charge < -0.3 is 19.3 Å². The molecule has 0 atom stereocenters. The zero-order chi connectivity index (χ0) is 22.5. The third kappa shape index (κ3) is 4.64. The summed E-state index contributed by atoms with van der Waals surface area (Å²) in [5, 5.41) is 6.85. The maximum absolute atomic E-state index is 12.8. The standard InChI is InChI=1S/C26H24N2O4/c1-17-23(18(2)32-28-17)16-31-24-14-11-21(15-25(24)30-3)26(29)27-22-12-9-20(10-13-22)19-7-5-4-6-8-19/h4-15H,16H2,1-3H3,(H,27,29). The molecule has 1 amide bonds. The van der Waals surface area contributed by atoms with Crippen LogP contribution in [-0.2, 0) is 6.61 Å². The van der Waals surface area contributed by atoms with E-state index in [2.05, 4.69) is 22.6 Å². The fourth-order valence-electron chi connectivity index (χ4n) is 3.37. The van der Waals surface area contributed by atoms with Crippen LogP contribution in [0, 0.1) is 13.8 Å². The van der Waals surface area contributed by atoms with Gasteiger partial charge in [0, 0.05) is 11.3 Å². The van der Waals surface area contributed by atoms with E-state index in [1.54, 1.807) is 25.3 Å². The maximum atomic E-state index is 12.8. The Labute approximate surface area is 186 Å². The topological polar surface area (TPSA) is 73.6 Å². The summed E-state index contributed by atoms with van der Waals surface area (Å²) in [5.41, 5.74) is 5.09. The molecule has 4 rings (SSSR count). The van der Waals surface area contributed by atoms with Gasteiger partial charge in [-0.05, 0) is 55.3 Å². The number of methoxy groups -OCH3 is 1. The van der Waals surface area contributed by atoms with E-state index in [4.69, 9.17) is 14.0 Å². The van der Waals surface area contributed by atoms with Crippen LogP contribution in [-0.4, -0.2) is 18.2 Å². The fraction of sp³-hybridized carbons (Fsp3) is 0.154. The van der Waals surface area contributed by atoms with Gasteiger partial charge in [-0.2, -0.15) is 0 Å². The lowest BCUT2D eigenvalue weighted by Crippen LogP contribution is -2.12. The average Bonchev–Trinajstić information content (AvgIpc) is 3.15. The molecule has 0 saturated carbocycles. The number of anilines is 1. The lowest BCUT2D eigenvalue weighted by atomic mass is 10.1. The van der Waals surface area contributed by atoms with Crippen LogP contribution in [0.15, 0.2) is 77.3 Å². The summed E-state index contributed by atoms with van der Waals surface area (Å²) >= 11 is 0. The molecule has 6 heteroatoms. The van der Waals surface area contributed by atoms with Crippen LogP contribution < -0.4 is 14.8 Å². The third-order valence-corrected chi connectivity index (χ3v) is 5.23. The van der Waals surface area contributed by atoms with Crippen molar-refractivity contribution in [1.82, 2.24) is 5.16 Å². The third-order valence-electron chi connectivity index (χ3n) is 5.23. The van der Waals surface area contributed by atoms with Gasteiger partial charge in [0.25, 0.3) is 5.91 Å². The molecule has 0 spiro atoms. The summed E-state index contributed by atoms with van der Waals surface area (Å²) in [6.45, 7) is 4.01. The molecule has 3 aromatic carbocycles. The van der Waals surface area contributed by atoms with E-state index in [1.165, 1.54) is 0 Å². The summed E-state index contributed by atoms with van der Waals surface area (Å²) in [5.74, 6) is 1.50. The van der Waals surface area contributed by atoms with Crippen molar-refractivity contribution >= 4 is 11.6 Å². The van der Waals surface area contributed by atoms with E-state index in [0.717, 1.165) is 28.1 Å². The van der Waals surface area contributed by atoms with E-state index in [1.807, 2.05) is 56.3 Å². The van der Waals surface area contributed by atoms with Crippen molar-refractivity contribution in [1.29, 1.82) is 0 Å². The highest BCUT2D eigenvalue weighted by atomic mass is 16.5. The van der Waals surface area contributed by atoms with Crippen LogP contribution in [0.25, 0.3) is 11.1 Å². The number of amides is 1. The Morgan fingerprint density at radius 3 is 2.31 bits per heavy atom. The smallest absolute Gasteiger partial charge is 0.255 e.